The average Bonchev–Trinajstić information content (AvgIpc) is 2.55. The van der Waals surface area contributed by atoms with Gasteiger partial charge in [-0.25, -0.2) is 4.79 Å². The number of nitrogens with two attached hydrogens (primary N) is 1. The number of halogens is 3. The van der Waals surface area contributed by atoms with Gasteiger partial charge in [0.1, 0.15) is 0 Å². The molecule has 2 rings (SSSR count). The van der Waals surface area contributed by atoms with Crippen LogP contribution in [-0.2, 0) is 11.2 Å². The molecule has 0 bridgehead atoms. The first-order valence-electron chi connectivity index (χ1n) is 8.25. The third-order valence-corrected chi connectivity index (χ3v) is 4.01. The molecule has 25 heavy (non-hydrogen) atoms. The van der Waals surface area contributed by atoms with Gasteiger partial charge < -0.3 is 10.8 Å². The maximum Gasteiger partial charge on any atom is 0.490 e. The molecule has 0 spiro atoms. The molecule has 2 aromatic carbocycles. The number of anilines is 1. The Bertz CT molecular complexity index is 712. The first-order chi connectivity index (χ1) is 11.7. The van der Waals surface area contributed by atoms with Gasteiger partial charge in [0.05, 0.1) is 0 Å². The second-order valence-corrected chi connectivity index (χ2v) is 5.91. The molecular formula is C19H24F3NO2. The van der Waals surface area contributed by atoms with Crippen LogP contribution in [0.15, 0.2) is 30.3 Å². The number of carboxylic acids is 1. The van der Waals surface area contributed by atoms with Crippen molar-refractivity contribution in [3.63, 3.8) is 0 Å². The van der Waals surface area contributed by atoms with Crippen LogP contribution in [0.5, 0.6) is 0 Å². The van der Waals surface area contributed by atoms with Crippen molar-refractivity contribution < 1.29 is 23.1 Å². The predicted molar refractivity (Wildman–Crippen MR) is 94.6 cm³/mol. The summed E-state index contributed by atoms with van der Waals surface area (Å²) in [6, 6.07) is 10.7. The van der Waals surface area contributed by atoms with E-state index in [1.807, 2.05) is 0 Å². The van der Waals surface area contributed by atoms with Crippen LogP contribution >= 0.6 is 0 Å². The number of alkyl halides is 3. The standard InChI is InChI=1S/C17H23N.C2HF3O2/c1-3-4-5-6-9-14-12-15-10-7-8-11-16(15)17(18)13(14)2;3-2(4,5)1(6)7/h7-8,10-12H,3-6,9,18H2,1-2H3;(H,6,7). The number of aryl methyl sites for hydroxylation is 1. The van der Waals surface area contributed by atoms with Crippen molar-refractivity contribution >= 4 is 22.4 Å². The highest BCUT2D eigenvalue weighted by Crippen LogP contribution is 2.28. The summed E-state index contributed by atoms with van der Waals surface area (Å²) in [5.74, 6) is -2.76. The quantitative estimate of drug-likeness (QED) is 0.551. The van der Waals surface area contributed by atoms with Gasteiger partial charge in [-0.2, -0.15) is 13.2 Å². The SMILES string of the molecule is CCCCCCc1cc2ccccc2c(N)c1C.O=C(O)C(F)(F)F. The van der Waals surface area contributed by atoms with E-state index in [1.54, 1.807) is 0 Å². The van der Waals surface area contributed by atoms with Gasteiger partial charge in [-0.1, -0.05) is 56.5 Å². The fourth-order valence-corrected chi connectivity index (χ4v) is 2.54. The zero-order valence-corrected chi connectivity index (χ0v) is 14.5. The van der Waals surface area contributed by atoms with Gasteiger partial charge in [-0.05, 0) is 36.3 Å². The summed E-state index contributed by atoms with van der Waals surface area (Å²) < 4.78 is 31.7. The molecule has 0 aromatic heterocycles. The summed E-state index contributed by atoms with van der Waals surface area (Å²) in [4.78, 5) is 8.90. The fourth-order valence-electron chi connectivity index (χ4n) is 2.54. The molecule has 0 heterocycles. The lowest BCUT2D eigenvalue weighted by atomic mass is 9.95. The van der Waals surface area contributed by atoms with Crippen LogP contribution in [0.3, 0.4) is 0 Å². The number of hydrogen-bond donors (Lipinski definition) is 2. The van der Waals surface area contributed by atoms with Crippen molar-refractivity contribution in [1.29, 1.82) is 0 Å². The second-order valence-electron chi connectivity index (χ2n) is 5.91. The van der Waals surface area contributed by atoms with E-state index in [1.165, 1.54) is 47.6 Å². The van der Waals surface area contributed by atoms with Crippen LogP contribution in [0.4, 0.5) is 18.9 Å². The van der Waals surface area contributed by atoms with Gasteiger partial charge in [-0.3, -0.25) is 0 Å². The van der Waals surface area contributed by atoms with Crippen molar-refractivity contribution in [3.8, 4) is 0 Å². The molecule has 3 N–H and O–H groups in total. The van der Waals surface area contributed by atoms with E-state index in [0.717, 1.165) is 12.1 Å². The number of carboxylic acid groups (broad SMARTS) is 1. The summed E-state index contributed by atoms with van der Waals surface area (Å²) in [6.07, 6.45) is 1.29. The molecule has 0 saturated carbocycles. The first-order valence-corrected chi connectivity index (χ1v) is 8.25. The minimum atomic E-state index is -5.08. The highest BCUT2D eigenvalue weighted by molar-refractivity contribution is 5.95. The van der Waals surface area contributed by atoms with Crippen molar-refractivity contribution in [1.82, 2.24) is 0 Å². The summed E-state index contributed by atoms with van der Waals surface area (Å²) in [6.45, 7) is 4.40. The largest absolute Gasteiger partial charge is 0.490 e. The third kappa shape index (κ3) is 6.29. The smallest absolute Gasteiger partial charge is 0.475 e. The van der Waals surface area contributed by atoms with E-state index in [0.29, 0.717) is 0 Å². The van der Waals surface area contributed by atoms with E-state index in [-0.39, 0.29) is 0 Å². The van der Waals surface area contributed by atoms with Crippen LogP contribution in [0.25, 0.3) is 10.8 Å². The Morgan fingerprint density at radius 1 is 1.16 bits per heavy atom. The normalized spacial score (nSPS) is 11.1. The Hall–Kier alpha value is -2.24. The molecular weight excluding hydrogens is 331 g/mol. The van der Waals surface area contributed by atoms with Gasteiger partial charge in [0, 0.05) is 11.1 Å². The van der Waals surface area contributed by atoms with E-state index in [2.05, 4.69) is 44.2 Å². The lowest BCUT2D eigenvalue weighted by Gasteiger charge is -2.12. The maximum atomic E-state index is 10.6. The Morgan fingerprint density at radius 2 is 1.76 bits per heavy atom. The molecule has 0 atom stereocenters. The van der Waals surface area contributed by atoms with E-state index in [9.17, 15) is 13.2 Å². The molecule has 0 unspecified atom stereocenters. The molecule has 3 nitrogen and oxygen atoms in total. The molecule has 0 radical (unpaired) electrons. The lowest BCUT2D eigenvalue weighted by Crippen LogP contribution is -2.21. The molecule has 0 fully saturated rings. The molecule has 0 amide bonds. The van der Waals surface area contributed by atoms with Crippen molar-refractivity contribution in [3.05, 3.63) is 41.5 Å². The zero-order chi connectivity index (χ0) is 19.0. The Morgan fingerprint density at radius 3 is 2.32 bits per heavy atom. The maximum absolute atomic E-state index is 10.6. The second kappa shape index (κ2) is 9.30. The van der Waals surface area contributed by atoms with E-state index < -0.39 is 12.1 Å². The van der Waals surface area contributed by atoms with Gasteiger partial charge in [0.2, 0.25) is 0 Å². The zero-order valence-electron chi connectivity index (χ0n) is 14.5. The van der Waals surface area contributed by atoms with Crippen LogP contribution < -0.4 is 5.73 Å². The number of carbonyl (C=O) groups is 1. The van der Waals surface area contributed by atoms with Gasteiger partial charge >= 0.3 is 12.1 Å². The number of benzene rings is 2. The van der Waals surface area contributed by atoms with Crippen molar-refractivity contribution in [2.45, 2.75) is 52.1 Å². The number of fused-ring (bicyclic) bond motifs is 1. The summed E-state index contributed by atoms with van der Waals surface area (Å²) >= 11 is 0. The highest BCUT2D eigenvalue weighted by atomic mass is 19.4. The minimum Gasteiger partial charge on any atom is -0.475 e. The van der Waals surface area contributed by atoms with Crippen LogP contribution in [-0.4, -0.2) is 17.3 Å². The number of hydrogen-bond acceptors (Lipinski definition) is 2. The molecule has 138 valence electrons. The molecule has 0 aliphatic rings. The van der Waals surface area contributed by atoms with Crippen LogP contribution in [0.1, 0.15) is 43.7 Å². The first kappa shape index (κ1) is 20.8. The van der Waals surface area contributed by atoms with Crippen LogP contribution in [0, 0.1) is 6.92 Å². The van der Waals surface area contributed by atoms with Crippen LogP contribution in [0.2, 0.25) is 0 Å². The van der Waals surface area contributed by atoms with Gasteiger partial charge in [0.15, 0.2) is 0 Å². The van der Waals surface area contributed by atoms with Crippen molar-refractivity contribution in [2.75, 3.05) is 5.73 Å². The Kier molecular flexibility index (Phi) is 7.74. The highest BCUT2D eigenvalue weighted by Gasteiger charge is 2.38. The number of unbranched alkanes of at least 4 members (excludes halogenated alkanes) is 3. The number of nitrogen functional groups attached to an aromatic ring is 1. The van der Waals surface area contributed by atoms with Gasteiger partial charge in [0.25, 0.3) is 0 Å². The van der Waals surface area contributed by atoms with E-state index in [4.69, 9.17) is 15.6 Å². The fraction of sp³-hybridized carbons (Fsp3) is 0.421. The van der Waals surface area contributed by atoms with Gasteiger partial charge in [-0.15, -0.1) is 0 Å². The number of aliphatic carboxylic acids is 1. The van der Waals surface area contributed by atoms with Crippen molar-refractivity contribution in [2.24, 2.45) is 0 Å². The summed E-state index contributed by atoms with van der Waals surface area (Å²) in [7, 11) is 0. The molecule has 0 aliphatic heterocycles. The lowest BCUT2D eigenvalue weighted by molar-refractivity contribution is -0.192. The summed E-state index contributed by atoms with van der Waals surface area (Å²) in [5.41, 5.74) is 9.89. The molecule has 6 heteroatoms. The number of rotatable bonds is 5. The molecule has 2 aromatic rings. The third-order valence-electron chi connectivity index (χ3n) is 4.01. The minimum absolute atomic E-state index is 0.957. The van der Waals surface area contributed by atoms with E-state index >= 15 is 0 Å². The summed E-state index contributed by atoms with van der Waals surface area (Å²) in [5, 5.41) is 9.58. The predicted octanol–water partition coefficient (Wildman–Crippen LogP) is 5.49. The monoisotopic (exact) mass is 355 g/mol. The molecule has 0 aliphatic carbocycles. The Labute approximate surface area is 145 Å². The molecule has 0 saturated heterocycles. The Balaban J connectivity index is 0.000000381. The topological polar surface area (TPSA) is 63.3 Å². The average molecular weight is 355 g/mol.